The maximum Gasteiger partial charge on any atom is 0.173 e. The number of hydrogen-bond donors (Lipinski definition) is 2. The molecule has 1 aromatic carbocycles. The lowest BCUT2D eigenvalue weighted by atomic mass is 10.3. The number of rotatable bonds is 4. The van der Waals surface area contributed by atoms with E-state index < -0.39 is 0 Å². The van der Waals surface area contributed by atoms with Crippen LogP contribution >= 0.6 is 0 Å². The van der Waals surface area contributed by atoms with E-state index in [0.717, 1.165) is 11.3 Å². The minimum atomic E-state index is 0.338. The molecule has 0 radical (unpaired) electrons. The molecule has 0 amide bonds. The first-order valence-corrected chi connectivity index (χ1v) is 6.62. The molecule has 0 saturated carbocycles. The first-order chi connectivity index (χ1) is 10.2. The zero-order valence-corrected chi connectivity index (χ0v) is 11.7. The van der Waals surface area contributed by atoms with Crippen molar-refractivity contribution < 1.29 is 0 Å². The molecule has 0 bridgehead atoms. The zero-order chi connectivity index (χ0) is 14.7. The van der Waals surface area contributed by atoms with Crippen molar-refractivity contribution in [2.75, 3.05) is 5.32 Å². The lowest BCUT2D eigenvalue weighted by Crippen LogP contribution is -2.23. The highest BCUT2D eigenvalue weighted by Crippen LogP contribution is 2.10. The molecule has 106 valence electrons. The Bertz CT molecular complexity index is 787. The topological polar surface area (TPSA) is 71.5 Å². The summed E-state index contributed by atoms with van der Waals surface area (Å²) in [4.78, 5) is 4.24. The lowest BCUT2D eigenvalue weighted by Gasteiger charge is -2.10. The lowest BCUT2D eigenvalue weighted by molar-refractivity contribution is 0.720. The first kappa shape index (κ1) is 13.1. The van der Waals surface area contributed by atoms with Gasteiger partial charge >= 0.3 is 0 Å². The van der Waals surface area contributed by atoms with Gasteiger partial charge in [0.25, 0.3) is 0 Å². The zero-order valence-electron chi connectivity index (χ0n) is 11.7. The molecular formula is C15H16N6. The van der Waals surface area contributed by atoms with E-state index in [1.54, 1.807) is 23.3 Å². The number of para-hydroxylation sites is 1. The number of aryl methyl sites for hydroxylation is 1. The van der Waals surface area contributed by atoms with Crippen LogP contribution in [0.15, 0.2) is 55.1 Å². The van der Waals surface area contributed by atoms with Crippen LogP contribution in [0.3, 0.4) is 0 Å². The van der Waals surface area contributed by atoms with Crippen molar-refractivity contribution in [3.8, 4) is 0 Å². The van der Waals surface area contributed by atoms with Gasteiger partial charge in [-0.25, -0.2) is 4.98 Å². The van der Waals surface area contributed by atoms with Crippen molar-refractivity contribution in [3.05, 3.63) is 66.2 Å². The molecule has 0 aliphatic heterocycles. The van der Waals surface area contributed by atoms with E-state index in [1.807, 2.05) is 48.1 Å². The normalized spacial score (nSPS) is 10.5. The van der Waals surface area contributed by atoms with Gasteiger partial charge in [0.1, 0.15) is 0 Å². The largest absolute Gasteiger partial charge is 0.337 e. The third-order valence-corrected chi connectivity index (χ3v) is 3.11. The van der Waals surface area contributed by atoms with Gasteiger partial charge in [-0.2, -0.15) is 5.10 Å². The molecule has 3 rings (SSSR count). The van der Waals surface area contributed by atoms with Crippen LogP contribution in [0.5, 0.6) is 0 Å². The first-order valence-electron chi connectivity index (χ1n) is 6.62. The Morgan fingerprint density at radius 1 is 1.24 bits per heavy atom. The highest BCUT2D eigenvalue weighted by atomic mass is 15.2. The average molecular weight is 280 g/mol. The van der Waals surface area contributed by atoms with Crippen LogP contribution in [0.2, 0.25) is 0 Å². The molecule has 0 fully saturated rings. The fourth-order valence-electron chi connectivity index (χ4n) is 2.09. The molecule has 0 unspecified atom stereocenters. The molecule has 3 aromatic rings. The van der Waals surface area contributed by atoms with E-state index in [2.05, 4.69) is 15.4 Å². The van der Waals surface area contributed by atoms with Crippen LogP contribution in [-0.4, -0.2) is 19.3 Å². The van der Waals surface area contributed by atoms with Gasteiger partial charge in [-0.15, -0.1) is 0 Å². The van der Waals surface area contributed by atoms with Crippen LogP contribution in [0.25, 0.3) is 0 Å². The third kappa shape index (κ3) is 3.00. The van der Waals surface area contributed by atoms with Crippen LogP contribution in [0.4, 0.5) is 11.5 Å². The quantitative estimate of drug-likeness (QED) is 0.766. The van der Waals surface area contributed by atoms with Crippen LogP contribution in [0, 0.1) is 5.41 Å². The standard InChI is InChI=1S/C15H16N6/c1-20-10-12(9-18-20)11-21-8-7-17-15(14(21)16)19-13-5-3-2-4-6-13/h2-10,16H,11H2,1H3,(H,17,19). The summed E-state index contributed by atoms with van der Waals surface area (Å²) in [6.45, 7) is 0.596. The Morgan fingerprint density at radius 2 is 2.05 bits per heavy atom. The van der Waals surface area contributed by atoms with E-state index in [4.69, 9.17) is 5.41 Å². The number of hydrogen-bond acceptors (Lipinski definition) is 4. The van der Waals surface area contributed by atoms with Crippen molar-refractivity contribution in [1.29, 1.82) is 5.41 Å². The Balaban J connectivity index is 1.87. The molecule has 2 aromatic heterocycles. The van der Waals surface area contributed by atoms with Gasteiger partial charge in [-0.1, -0.05) is 18.2 Å². The molecular weight excluding hydrogens is 264 g/mol. The maximum absolute atomic E-state index is 8.26. The van der Waals surface area contributed by atoms with Gasteiger partial charge in [-0.3, -0.25) is 10.1 Å². The highest BCUT2D eigenvalue weighted by Gasteiger charge is 2.04. The van der Waals surface area contributed by atoms with Crippen molar-refractivity contribution in [2.24, 2.45) is 7.05 Å². The van der Waals surface area contributed by atoms with Gasteiger partial charge < -0.3 is 9.88 Å². The number of nitrogens with one attached hydrogen (secondary N) is 2. The average Bonchev–Trinajstić information content (AvgIpc) is 2.90. The van der Waals surface area contributed by atoms with Crippen LogP contribution in [0.1, 0.15) is 5.56 Å². The second-order valence-corrected chi connectivity index (χ2v) is 4.77. The number of benzene rings is 1. The summed E-state index contributed by atoms with van der Waals surface area (Å²) in [5, 5.41) is 15.6. The molecule has 21 heavy (non-hydrogen) atoms. The van der Waals surface area contributed by atoms with E-state index in [0.29, 0.717) is 17.9 Å². The molecule has 0 aliphatic carbocycles. The molecule has 0 saturated heterocycles. The van der Waals surface area contributed by atoms with E-state index in [-0.39, 0.29) is 0 Å². The smallest absolute Gasteiger partial charge is 0.173 e. The summed E-state index contributed by atoms with van der Waals surface area (Å²) in [7, 11) is 1.88. The van der Waals surface area contributed by atoms with Crippen molar-refractivity contribution in [3.63, 3.8) is 0 Å². The molecule has 0 aliphatic rings. The fourth-order valence-corrected chi connectivity index (χ4v) is 2.09. The minimum absolute atomic E-state index is 0.338. The molecule has 6 heteroatoms. The molecule has 2 heterocycles. The van der Waals surface area contributed by atoms with Gasteiger partial charge in [-0.05, 0) is 12.1 Å². The molecule has 6 nitrogen and oxygen atoms in total. The van der Waals surface area contributed by atoms with Crippen LogP contribution < -0.4 is 10.8 Å². The third-order valence-electron chi connectivity index (χ3n) is 3.11. The molecule has 0 spiro atoms. The summed E-state index contributed by atoms with van der Waals surface area (Å²) >= 11 is 0. The minimum Gasteiger partial charge on any atom is -0.337 e. The van der Waals surface area contributed by atoms with Gasteiger partial charge in [0.15, 0.2) is 11.3 Å². The highest BCUT2D eigenvalue weighted by molar-refractivity contribution is 5.54. The number of nitrogens with zero attached hydrogens (tertiary/aromatic N) is 4. The van der Waals surface area contributed by atoms with Gasteiger partial charge in [0.05, 0.1) is 12.7 Å². The monoisotopic (exact) mass is 280 g/mol. The second kappa shape index (κ2) is 5.62. The number of anilines is 2. The summed E-state index contributed by atoms with van der Waals surface area (Å²) in [6, 6.07) is 9.73. The van der Waals surface area contributed by atoms with Crippen molar-refractivity contribution in [2.45, 2.75) is 6.54 Å². The molecule has 0 atom stereocenters. The Morgan fingerprint density at radius 3 is 2.76 bits per heavy atom. The Kier molecular flexibility index (Phi) is 3.51. The predicted octanol–water partition coefficient (Wildman–Crippen LogP) is 1.89. The second-order valence-electron chi connectivity index (χ2n) is 4.77. The summed E-state index contributed by atoms with van der Waals surface area (Å²) in [5.41, 5.74) is 2.30. The van der Waals surface area contributed by atoms with Gasteiger partial charge in [0, 0.05) is 36.9 Å². The SMILES string of the molecule is Cn1cc(Cn2ccnc(Nc3ccccc3)c2=N)cn1. The predicted molar refractivity (Wildman–Crippen MR) is 80.1 cm³/mol. The fraction of sp³-hybridized carbons (Fsp3) is 0.133. The van der Waals surface area contributed by atoms with E-state index in [1.165, 1.54) is 0 Å². The van der Waals surface area contributed by atoms with Crippen LogP contribution in [-0.2, 0) is 13.6 Å². The Labute approximate surface area is 122 Å². The van der Waals surface area contributed by atoms with E-state index >= 15 is 0 Å². The van der Waals surface area contributed by atoms with E-state index in [9.17, 15) is 0 Å². The maximum atomic E-state index is 8.26. The summed E-state index contributed by atoms with van der Waals surface area (Å²) < 4.78 is 3.58. The van der Waals surface area contributed by atoms with Crippen molar-refractivity contribution in [1.82, 2.24) is 19.3 Å². The summed E-state index contributed by atoms with van der Waals surface area (Å²) in [6.07, 6.45) is 7.24. The van der Waals surface area contributed by atoms with Crippen molar-refractivity contribution >= 4 is 11.5 Å². The molecule has 2 N–H and O–H groups in total. The van der Waals surface area contributed by atoms with Gasteiger partial charge in [0.2, 0.25) is 0 Å². The Hall–Kier alpha value is -2.89. The summed E-state index contributed by atoms with van der Waals surface area (Å²) in [5.74, 6) is 0.535. The number of aromatic nitrogens is 4.